The van der Waals surface area contributed by atoms with Gasteiger partial charge in [0.25, 0.3) is 5.91 Å². The summed E-state index contributed by atoms with van der Waals surface area (Å²) in [6, 6.07) is 12.6. The molecule has 0 bridgehead atoms. The highest BCUT2D eigenvalue weighted by atomic mass is 19.1. The number of H-pyrrole nitrogens is 1. The first-order valence-electron chi connectivity index (χ1n) is 9.13. The lowest BCUT2D eigenvalue weighted by molar-refractivity contribution is 0.0940. The molecule has 1 atom stereocenters. The fourth-order valence-corrected chi connectivity index (χ4v) is 3.34. The first-order valence-corrected chi connectivity index (χ1v) is 9.13. The minimum Gasteiger partial charge on any atom is -0.353 e. The minimum atomic E-state index is -0.384. The number of hydrogen-bond donors (Lipinski definition) is 2. The maximum absolute atomic E-state index is 13.7. The SMILES string of the molecule is Cc1ccc(C(=O)NC2CCN(c3cc(-c4ccc(F)cc4)[nH]n3)C2)cc1F. The lowest BCUT2D eigenvalue weighted by Crippen LogP contribution is -2.37. The fourth-order valence-electron chi connectivity index (χ4n) is 3.34. The number of carbonyl (C=O) groups is 1. The first kappa shape index (κ1) is 18.2. The summed E-state index contributed by atoms with van der Waals surface area (Å²) in [6.45, 7) is 3.03. The molecule has 1 fully saturated rings. The predicted molar refractivity (Wildman–Crippen MR) is 103 cm³/mol. The highest BCUT2D eigenvalue weighted by molar-refractivity contribution is 5.94. The second kappa shape index (κ2) is 7.42. The highest BCUT2D eigenvalue weighted by Crippen LogP contribution is 2.24. The molecule has 1 aliphatic rings. The zero-order valence-electron chi connectivity index (χ0n) is 15.4. The minimum absolute atomic E-state index is 0.0390. The number of anilines is 1. The Kier molecular flexibility index (Phi) is 4.81. The number of aromatic nitrogens is 2. The summed E-state index contributed by atoms with van der Waals surface area (Å²) in [6.07, 6.45) is 0.777. The average Bonchev–Trinajstić information content (AvgIpc) is 3.34. The quantitative estimate of drug-likeness (QED) is 0.724. The molecule has 28 heavy (non-hydrogen) atoms. The normalized spacial score (nSPS) is 16.4. The van der Waals surface area contributed by atoms with Crippen LogP contribution in [0, 0.1) is 18.6 Å². The van der Waals surface area contributed by atoms with Crippen LogP contribution in [0.15, 0.2) is 48.5 Å². The Labute approximate surface area is 161 Å². The summed E-state index contributed by atoms with van der Waals surface area (Å²) in [4.78, 5) is 14.4. The molecule has 144 valence electrons. The molecule has 0 aliphatic carbocycles. The van der Waals surface area contributed by atoms with Crippen molar-refractivity contribution in [3.05, 3.63) is 71.3 Å². The summed E-state index contributed by atoms with van der Waals surface area (Å²) in [5.41, 5.74) is 2.49. The van der Waals surface area contributed by atoms with E-state index in [1.54, 1.807) is 31.2 Å². The van der Waals surface area contributed by atoms with Gasteiger partial charge in [-0.2, -0.15) is 5.10 Å². The highest BCUT2D eigenvalue weighted by Gasteiger charge is 2.26. The van der Waals surface area contributed by atoms with E-state index >= 15 is 0 Å². The molecule has 1 amide bonds. The van der Waals surface area contributed by atoms with Crippen molar-refractivity contribution < 1.29 is 13.6 Å². The second-order valence-corrected chi connectivity index (χ2v) is 7.02. The van der Waals surface area contributed by atoms with E-state index in [4.69, 9.17) is 0 Å². The first-order chi connectivity index (χ1) is 13.5. The zero-order valence-corrected chi connectivity index (χ0v) is 15.4. The van der Waals surface area contributed by atoms with Gasteiger partial charge >= 0.3 is 0 Å². The van der Waals surface area contributed by atoms with Crippen LogP contribution in [0.5, 0.6) is 0 Å². The molecule has 2 aromatic carbocycles. The molecule has 2 heterocycles. The van der Waals surface area contributed by atoms with Crippen LogP contribution in [0.25, 0.3) is 11.3 Å². The lowest BCUT2D eigenvalue weighted by atomic mass is 10.1. The van der Waals surface area contributed by atoms with Crippen LogP contribution in [-0.2, 0) is 0 Å². The molecular formula is C21H20F2N4O. The van der Waals surface area contributed by atoms with Crippen molar-refractivity contribution >= 4 is 11.7 Å². The smallest absolute Gasteiger partial charge is 0.251 e. The summed E-state index contributed by atoms with van der Waals surface area (Å²) in [7, 11) is 0. The van der Waals surface area contributed by atoms with E-state index in [0.717, 1.165) is 30.0 Å². The molecule has 1 aromatic heterocycles. The van der Waals surface area contributed by atoms with Crippen molar-refractivity contribution in [2.75, 3.05) is 18.0 Å². The molecule has 0 spiro atoms. The largest absolute Gasteiger partial charge is 0.353 e. The second-order valence-electron chi connectivity index (χ2n) is 7.02. The summed E-state index contributed by atoms with van der Waals surface area (Å²) < 4.78 is 26.8. The van der Waals surface area contributed by atoms with Crippen molar-refractivity contribution in [3.8, 4) is 11.3 Å². The molecule has 1 unspecified atom stereocenters. The Balaban J connectivity index is 1.39. The number of hydrogen-bond acceptors (Lipinski definition) is 3. The zero-order chi connectivity index (χ0) is 19.7. The van der Waals surface area contributed by atoms with Crippen molar-refractivity contribution in [2.45, 2.75) is 19.4 Å². The molecular weight excluding hydrogens is 362 g/mol. The fraction of sp³-hybridized carbons (Fsp3) is 0.238. The number of benzene rings is 2. The molecule has 3 aromatic rings. The Morgan fingerprint density at radius 2 is 1.96 bits per heavy atom. The molecule has 1 saturated heterocycles. The maximum atomic E-state index is 13.7. The Morgan fingerprint density at radius 1 is 1.18 bits per heavy atom. The van der Waals surface area contributed by atoms with E-state index < -0.39 is 0 Å². The third-order valence-corrected chi connectivity index (χ3v) is 5.00. The van der Waals surface area contributed by atoms with Crippen LogP contribution in [-0.4, -0.2) is 35.2 Å². The number of aryl methyl sites for hydroxylation is 1. The average molecular weight is 382 g/mol. The van der Waals surface area contributed by atoms with E-state index in [0.29, 0.717) is 17.7 Å². The molecule has 7 heteroatoms. The Morgan fingerprint density at radius 3 is 2.71 bits per heavy atom. The van der Waals surface area contributed by atoms with Gasteiger partial charge in [-0.3, -0.25) is 9.89 Å². The topological polar surface area (TPSA) is 61.0 Å². The van der Waals surface area contributed by atoms with Gasteiger partial charge in [0.15, 0.2) is 5.82 Å². The summed E-state index contributed by atoms with van der Waals surface area (Å²) in [5, 5.41) is 10.3. The number of aromatic amines is 1. The van der Waals surface area contributed by atoms with Gasteiger partial charge in [-0.1, -0.05) is 6.07 Å². The number of halogens is 2. The molecule has 2 N–H and O–H groups in total. The van der Waals surface area contributed by atoms with Crippen LogP contribution in [0.2, 0.25) is 0 Å². The van der Waals surface area contributed by atoms with Gasteiger partial charge < -0.3 is 10.2 Å². The van der Waals surface area contributed by atoms with Gasteiger partial charge in [-0.25, -0.2) is 8.78 Å². The number of amides is 1. The molecule has 0 saturated carbocycles. The molecule has 4 rings (SSSR count). The van der Waals surface area contributed by atoms with E-state index in [9.17, 15) is 13.6 Å². The lowest BCUT2D eigenvalue weighted by Gasteiger charge is -2.16. The van der Waals surface area contributed by atoms with Crippen molar-refractivity contribution in [3.63, 3.8) is 0 Å². The van der Waals surface area contributed by atoms with E-state index in [2.05, 4.69) is 20.4 Å². The van der Waals surface area contributed by atoms with Gasteiger partial charge in [0.05, 0.1) is 5.69 Å². The van der Waals surface area contributed by atoms with Gasteiger partial charge in [-0.15, -0.1) is 0 Å². The third kappa shape index (κ3) is 3.74. The van der Waals surface area contributed by atoms with Crippen molar-refractivity contribution in [1.29, 1.82) is 0 Å². The van der Waals surface area contributed by atoms with Crippen molar-refractivity contribution in [2.24, 2.45) is 0 Å². The predicted octanol–water partition coefficient (Wildman–Crippen LogP) is 3.67. The summed E-state index contributed by atoms with van der Waals surface area (Å²) in [5.74, 6) is -0.169. The molecule has 1 aliphatic heterocycles. The molecule has 5 nitrogen and oxygen atoms in total. The van der Waals surface area contributed by atoms with Crippen LogP contribution in [0.4, 0.5) is 14.6 Å². The van der Waals surface area contributed by atoms with Crippen LogP contribution in [0.3, 0.4) is 0 Å². The van der Waals surface area contributed by atoms with Gasteiger partial charge in [0.2, 0.25) is 0 Å². The van der Waals surface area contributed by atoms with Gasteiger partial charge in [0, 0.05) is 30.8 Å². The Bertz CT molecular complexity index is 1000. The van der Waals surface area contributed by atoms with Crippen LogP contribution in [0.1, 0.15) is 22.3 Å². The van der Waals surface area contributed by atoms with E-state index in [-0.39, 0.29) is 23.6 Å². The standard InChI is InChI=1S/C21H20F2N4O/c1-13-2-3-15(10-18(13)23)21(28)24-17-8-9-27(12-17)20-11-19(25-26-20)14-4-6-16(22)7-5-14/h2-7,10-11,17H,8-9,12H2,1H3,(H,24,28)(H,25,26). The number of carbonyl (C=O) groups excluding carboxylic acids is 1. The van der Waals surface area contributed by atoms with Gasteiger partial charge in [-0.05, 0) is 60.9 Å². The number of nitrogens with zero attached hydrogens (tertiary/aromatic N) is 2. The molecule has 0 radical (unpaired) electrons. The van der Waals surface area contributed by atoms with E-state index in [1.165, 1.54) is 18.2 Å². The van der Waals surface area contributed by atoms with Gasteiger partial charge in [0.1, 0.15) is 11.6 Å². The number of nitrogens with one attached hydrogen (secondary N) is 2. The number of rotatable bonds is 4. The maximum Gasteiger partial charge on any atom is 0.251 e. The van der Waals surface area contributed by atoms with E-state index in [1.807, 2.05) is 6.07 Å². The third-order valence-electron chi connectivity index (χ3n) is 5.00. The summed E-state index contributed by atoms with van der Waals surface area (Å²) >= 11 is 0. The monoisotopic (exact) mass is 382 g/mol. The van der Waals surface area contributed by atoms with Crippen LogP contribution >= 0.6 is 0 Å². The van der Waals surface area contributed by atoms with Crippen molar-refractivity contribution in [1.82, 2.24) is 15.5 Å². The van der Waals surface area contributed by atoms with Crippen LogP contribution < -0.4 is 10.2 Å². The Hall–Kier alpha value is -3.22.